The second kappa shape index (κ2) is 4.03. The molecule has 2 saturated heterocycles. The summed E-state index contributed by atoms with van der Waals surface area (Å²) in [4.78, 5) is 12.2. The molecule has 2 aliphatic rings. The van der Waals surface area contributed by atoms with Crippen molar-refractivity contribution in [1.29, 1.82) is 0 Å². The second-order valence-electron chi connectivity index (χ2n) is 4.59. The lowest BCUT2D eigenvalue weighted by Gasteiger charge is -2.52. The monoisotopic (exact) mass is 249 g/mol. The van der Waals surface area contributed by atoms with Gasteiger partial charge in [-0.05, 0) is 12.0 Å². The molecule has 1 spiro atoms. The summed E-state index contributed by atoms with van der Waals surface area (Å²) in [5.74, 6) is 0.233. The van der Waals surface area contributed by atoms with Crippen molar-refractivity contribution in [2.24, 2.45) is 5.41 Å². The summed E-state index contributed by atoms with van der Waals surface area (Å²) >= 11 is 1.51. The van der Waals surface area contributed by atoms with Crippen molar-refractivity contribution in [2.45, 2.75) is 12.5 Å². The number of hydrogen-bond acceptors (Lipinski definition) is 3. The molecule has 0 N–H and O–H groups in total. The number of β-lactam (4-membered cyclic amide) rings is 1. The van der Waals surface area contributed by atoms with Gasteiger partial charge in [0, 0.05) is 12.9 Å². The van der Waals surface area contributed by atoms with E-state index in [2.05, 4.69) is 12.1 Å². The smallest absolute Gasteiger partial charge is 0.244 e. The maximum Gasteiger partial charge on any atom is 0.244 e. The zero-order valence-corrected chi connectivity index (χ0v) is 10.6. The molecule has 0 bridgehead atoms. The van der Waals surface area contributed by atoms with Gasteiger partial charge in [-0.15, -0.1) is 0 Å². The maximum atomic E-state index is 12.2. The van der Waals surface area contributed by atoms with E-state index in [9.17, 15) is 4.79 Å². The van der Waals surface area contributed by atoms with Gasteiger partial charge in [-0.2, -0.15) is 0 Å². The van der Waals surface area contributed by atoms with Crippen molar-refractivity contribution >= 4 is 17.9 Å². The Labute approximate surface area is 105 Å². The normalized spacial score (nSPS) is 31.9. The minimum absolute atomic E-state index is 0.175. The molecule has 4 heteroatoms. The Balaban J connectivity index is 1.98. The molecule has 0 saturated carbocycles. The van der Waals surface area contributed by atoms with Crippen LogP contribution in [0.5, 0.6) is 0 Å². The van der Waals surface area contributed by atoms with Crippen molar-refractivity contribution in [3.63, 3.8) is 0 Å². The molecular weight excluding hydrogens is 234 g/mol. The van der Waals surface area contributed by atoms with Crippen LogP contribution in [0.15, 0.2) is 30.3 Å². The summed E-state index contributed by atoms with van der Waals surface area (Å²) < 4.78 is 7.34. The van der Waals surface area contributed by atoms with Crippen molar-refractivity contribution in [1.82, 2.24) is 4.31 Å². The molecule has 0 radical (unpaired) electrons. The molecule has 2 atom stereocenters. The summed E-state index contributed by atoms with van der Waals surface area (Å²) in [5, 5.41) is 0. The van der Waals surface area contributed by atoms with Gasteiger partial charge >= 0.3 is 0 Å². The molecule has 2 unspecified atom stereocenters. The van der Waals surface area contributed by atoms with E-state index in [1.165, 1.54) is 17.5 Å². The van der Waals surface area contributed by atoms with Crippen molar-refractivity contribution < 1.29 is 9.53 Å². The lowest BCUT2D eigenvalue weighted by Crippen LogP contribution is -2.60. The third-order valence-corrected chi connectivity index (χ3v) is 4.52. The zero-order chi connectivity index (χ0) is 11.9. The van der Waals surface area contributed by atoms with E-state index in [1.54, 1.807) is 0 Å². The first kappa shape index (κ1) is 11.1. The summed E-state index contributed by atoms with van der Waals surface area (Å²) in [6, 6.07) is 10.4. The highest BCUT2D eigenvalue weighted by Gasteiger charge is 2.62. The number of carbonyl (C=O) groups is 1. The highest BCUT2D eigenvalue weighted by Crippen LogP contribution is 2.56. The Hall–Kier alpha value is -1.00. The minimum atomic E-state index is -0.287. The summed E-state index contributed by atoms with van der Waals surface area (Å²) in [7, 11) is 0. The third kappa shape index (κ3) is 1.44. The molecule has 3 rings (SSSR count). The van der Waals surface area contributed by atoms with Crippen LogP contribution in [0.25, 0.3) is 0 Å². The molecule has 90 valence electrons. The quantitative estimate of drug-likeness (QED) is 0.595. The Morgan fingerprint density at radius 1 is 1.41 bits per heavy atom. The second-order valence-corrected chi connectivity index (χ2v) is 5.34. The SMILES string of the molecule is CSN1C(=O)C2(CCOC2)C1c1ccccc1. The predicted octanol–water partition coefficient (Wildman–Crippen LogP) is 2.25. The fourth-order valence-corrected chi connectivity index (χ4v) is 3.74. The van der Waals surface area contributed by atoms with Gasteiger partial charge in [-0.3, -0.25) is 9.10 Å². The fraction of sp³-hybridized carbons (Fsp3) is 0.462. The number of benzene rings is 1. The van der Waals surface area contributed by atoms with Gasteiger partial charge in [-0.1, -0.05) is 42.3 Å². The zero-order valence-electron chi connectivity index (χ0n) is 9.76. The van der Waals surface area contributed by atoms with Crippen molar-refractivity contribution in [3.8, 4) is 0 Å². The molecule has 0 aliphatic carbocycles. The van der Waals surface area contributed by atoms with Crippen LogP contribution in [0.4, 0.5) is 0 Å². The van der Waals surface area contributed by atoms with E-state index >= 15 is 0 Å². The molecule has 2 aliphatic heterocycles. The number of nitrogens with zero attached hydrogens (tertiary/aromatic N) is 1. The first-order valence-corrected chi connectivity index (χ1v) is 6.98. The number of carbonyl (C=O) groups excluding carboxylic acids is 1. The van der Waals surface area contributed by atoms with E-state index < -0.39 is 0 Å². The van der Waals surface area contributed by atoms with Gasteiger partial charge in [0.25, 0.3) is 0 Å². The molecule has 3 nitrogen and oxygen atoms in total. The van der Waals surface area contributed by atoms with E-state index in [0.29, 0.717) is 13.2 Å². The fourth-order valence-electron chi connectivity index (χ4n) is 2.86. The Bertz CT molecular complexity index is 428. The van der Waals surface area contributed by atoms with Crippen LogP contribution in [0, 0.1) is 5.41 Å². The van der Waals surface area contributed by atoms with E-state index in [0.717, 1.165) is 6.42 Å². The van der Waals surface area contributed by atoms with Crippen LogP contribution >= 0.6 is 11.9 Å². The van der Waals surface area contributed by atoms with E-state index in [1.807, 2.05) is 28.8 Å². The first-order valence-electron chi connectivity index (χ1n) is 5.80. The Morgan fingerprint density at radius 2 is 2.18 bits per heavy atom. The number of ether oxygens (including phenoxy) is 1. The summed E-state index contributed by atoms with van der Waals surface area (Å²) in [5.41, 5.74) is 0.927. The topological polar surface area (TPSA) is 29.5 Å². The van der Waals surface area contributed by atoms with Crippen LogP contribution in [0.3, 0.4) is 0 Å². The van der Waals surface area contributed by atoms with Crippen LogP contribution in [-0.2, 0) is 9.53 Å². The average Bonchev–Trinajstić information content (AvgIpc) is 2.87. The highest BCUT2D eigenvalue weighted by atomic mass is 32.2. The summed E-state index contributed by atoms with van der Waals surface area (Å²) in [6.45, 7) is 1.28. The minimum Gasteiger partial charge on any atom is -0.380 e. The molecule has 1 aromatic rings. The van der Waals surface area contributed by atoms with Gasteiger partial charge in [0.2, 0.25) is 5.91 Å². The van der Waals surface area contributed by atoms with Crippen molar-refractivity contribution in [2.75, 3.05) is 19.5 Å². The van der Waals surface area contributed by atoms with Gasteiger partial charge in [0.1, 0.15) is 5.41 Å². The lowest BCUT2D eigenvalue weighted by atomic mass is 9.69. The van der Waals surface area contributed by atoms with E-state index in [4.69, 9.17) is 4.74 Å². The molecule has 2 heterocycles. The number of amides is 1. The van der Waals surface area contributed by atoms with Gasteiger partial charge in [0.15, 0.2) is 0 Å². The highest BCUT2D eigenvalue weighted by molar-refractivity contribution is 7.96. The number of hydrogen-bond donors (Lipinski definition) is 0. The van der Waals surface area contributed by atoms with Gasteiger partial charge in [0.05, 0.1) is 12.6 Å². The van der Waals surface area contributed by atoms with Crippen LogP contribution in [-0.4, -0.2) is 29.7 Å². The molecule has 0 aromatic heterocycles. The van der Waals surface area contributed by atoms with Crippen LogP contribution in [0.2, 0.25) is 0 Å². The molecule has 1 aromatic carbocycles. The molecular formula is C13H15NO2S. The molecule has 17 heavy (non-hydrogen) atoms. The van der Waals surface area contributed by atoms with Crippen LogP contribution < -0.4 is 0 Å². The maximum absolute atomic E-state index is 12.2. The van der Waals surface area contributed by atoms with Crippen LogP contribution in [0.1, 0.15) is 18.0 Å². The largest absolute Gasteiger partial charge is 0.380 e. The van der Waals surface area contributed by atoms with E-state index in [-0.39, 0.29) is 17.4 Å². The Morgan fingerprint density at radius 3 is 2.76 bits per heavy atom. The standard InChI is InChI=1S/C13H15NO2S/c1-17-14-11(10-5-3-2-4-6-10)13(12(14)15)7-8-16-9-13/h2-6,11H,7-9H2,1H3. The van der Waals surface area contributed by atoms with Gasteiger partial charge in [-0.25, -0.2) is 0 Å². The third-order valence-electron chi connectivity index (χ3n) is 3.75. The average molecular weight is 249 g/mol. The summed E-state index contributed by atoms with van der Waals surface area (Å²) in [6.07, 6.45) is 2.80. The molecule has 1 amide bonds. The first-order chi connectivity index (χ1) is 8.29. The predicted molar refractivity (Wildman–Crippen MR) is 67.4 cm³/mol. The number of rotatable bonds is 2. The Kier molecular flexibility index (Phi) is 2.64. The molecule has 2 fully saturated rings. The van der Waals surface area contributed by atoms with Gasteiger partial charge < -0.3 is 4.74 Å². The van der Waals surface area contributed by atoms with Crippen molar-refractivity contribution in [3.05, 3.63) is 35.9 Å². The lowest BCUT2D eigenvalue weighted by molar-refractivity contribution is -0.159.